The lowest BCUT2D eigenvalue weighted by Gasteiger charge is -2.20. The molecular weight excluding hydrogens is 240 g/mol. The Kier molecular flexibility index (Phi) is 3.54. The number of aliphatic carboxylic acids is 1. The first kappa shape index (κ1) is 12.2. The molecule has 1 heterocycles. The van der Waals surface area contributed by atoms with Gasteiger partial charge in [-0.15, -0.1) is 0 Å². The molecule has 1 unspecified atom stereocenters. The van der Waals surface area contributed by atoms with E-state index in [0.29, 0.717) is 10.6 Å². The number of nitrogens with two attached hydrogens (primary N) is 1. The van der Waals surface area contributed by atoms with Crippen molar-refractivity contribution in [3.05, 3.63) is 28.8 Å². The Labute approximate surface area is 105 Å². The number of hydrogen-bond acceptors (Lipinski definition) is 3. The summed E-state index contributed by atoms with van der Waals surface area (Å²) >= 11 is 6.17. The SMILES string of the molecule is NC(C(=O)O)c1ccc(N2CCCC2)c(Cl)c1. The van der Waals surface area contributed by atoms with Crippen LogP contribution in [0.25, 0.3) is 0 Å². The minimum Gasteiger partial charge on any atom is -0.480 e. The van der Waals surface area contributed by atoms with E-state index in [0.717, 1.165) is 18.8 Å². The predicted octanol–water partition coefficient (Wildman–Crippen LogP) is 2.02. The normalized spacial score (nSPS) is 17.2. The molecule has 1 saturated heterocycles. The van der Waals surface area contributed by atoms with Crippen LogP contribution in [0.2, 0.25) is 5.02 Å². The van der Waals surface area contributed by atoms with E-state index in [4.69, 9.17) is 22.4 Å². The van der Waals surface area contributed by atoms with Gasteiger partial charge in [0.05, 0.1) is 10.7 Å². The van der Waals surface area contributed by atoms with Gasteiger partial charge in [0.25, 0.3) is 0 Å². The maximum Gasteiger partial charge on any atom is 0.325 e. The van der Waals surface area contributed by atoms with Crippen LogP contribution in [0.4, 0.5) is 5.69 Å². The number of nitrogens with zero attached hydrogens (tertiary/aromatic N) is 1. The van der Waals surface area contributed by atoms with Crippen LogP contribution in [0, 0.1) is 0 Å². The van der Waals surface area contributed by atoms with Crippen molar-refractivity contribution in [2.75, 3.05) is 18.0 Å². The van der Waals surface area contributed by atoms with Crippen molar-refractivity contribution in [2.24, 2.45) is 5.73 Å². The summed E-state index contributed by atoms with van der Waals surface area (Å²) in [6.07, 6.45) is 2.35. The first-order valence-corrected chi connectivity index (χ1v) is 6.00. The van der Waals surface area contributed by atoms with Gasteiger partial charge in [0.2, 0.25) is 0 Å². The monoisotopic (exact) mass is 254 g/mol. The van der Waals surface area contributed by atoms with E-state index < -0.39 is 12.0 Å². The van der Waals surface area contributed by atoms with Crippen LogP contribution in [-0.4, -0.2) is 24.2 Å². The quantitative estimate of drug-likeness (QED) is 0.866. The topological polar surface area (TPSA) is 66.6 Å². The molecule has 1 aliphatic rings. The minimum atomic E-state index is -1.05. The van der Waals surface area contributed by atoms with Crippen LogP contribution < -0.4 is 10.6 Å². The predicted molar refractivity (Wildman–Crippen MR) is 67.5 cm³/mol. The third-order valence-corrected chi connectivity index (χ3v) is 3.35. The van der Waals surface area contributed by atoms with E-state index >= 15 is 0 Å². The van der Waals surface area contributed by atoms with Crippen molar-refractivity contribution >= 4 is 23.3 Å². The highest BCUT2D eigenvalue weighted by atomic mass is 35.5. The smallest absolute Gasteiger partial charge is 0.325 e. The second-order valence-electron chi connectivity index (χ2n) is 4.22. The number of carboxylic acids is 1. The summed E-state index contributed by atoms with van der Waals surface area (Å²) in [7, 11) is 0. The number of halogens is 1. The van der Waals surface area contributed by atoms with Gasteiger partial charge in [-0.05, 0) is 30.5 Å². The molecule has 17 heavy (non-hydrogen) atoms. The maximum atomic E-state index is 10.8. The largest absolute Gasteiger partial charge is 0.480 e. The zero-order valence-electron chi connectivity index (χ0n) is 9.40. The molecule has 0 radical (unpaired) electrons. The van der Waals surface area contributed by atoms with Crippen molar-refractivity contribution in [3.8, 4) is 0 Å². The maximum absolute atomic E-state index is 10.8. The van der Waals surface area contributed by atoms with E-state index in [1.54, 1.807) is 12.1 Å². The van der Waals surface area contributed by atoms with E-state index in [-0.39, 0.29) is 0 Å². The first-order valence-electron chi connectivity index (χ1n) is 5.62. The Morgan fingerprint density at radius 2 is 2.06 bits per heavy atom. The van der Waals surface area contributed by atoms with Crippen molar-refractivity contribution in [2.45, 2.75) is 18.9 Å². The van der Waals surface area contributed by atoms with Crippen molar-refractivity contribution in [3.63, 3.8) is 0 Å². The van der Waals surface area contributed by atoms with Crippen LogP contribution in [0.5, 0.6) is 0 Å². The number of carbonyl (C=O) groups is 1. The lowest BCUT2D eigenvalue weighted by molar-refractivity contribution is -0.138. The van der Waals surface area contributed by atoms with E-state index in [1.165, 1.54) is 12.8 Å². The molecule has 1 aromatic carbocycles. The molecule has 2 rings (SSSR count). The zero-order valence-corrected chi connectivity index (χ0v) is 10.2. The van der Waals surface area contributed by atoms with Crippen LogP contribution >= 0.6 is 11.6 Å². The molecule has 0 aromatic heterocycles. The Morgan fingerprint density at radius 3 is 2.59 bits per heavy atom. The summed E-state index contributed by atoms with van der Waals surface area (Å²) in [4.78, 5) is 13.0. The Hall–Kier alpha value is -1.26. The molecule has 3 N–H and O–H groups in total. The summed E-state index contributed by atoms with van der Waals surface area (Å²) in [5.74, 6) is -1.05. The van der Waals surface area contributed by atoms with E-state index in [1.807, 2.05) is 6.07 Å². The first-order chi connectivity index (χ1) is 8.09. The van der Waals surface area contributed by atoms with Crippen LogP contribution in [-0.2, 0) is 4.79 Å². The highest BCUT2D eigenvalue weighted by molar-refractivity contribution is 6.33. The molecule has 0 spiro atoms. The van der Waals surface area contributed by atoms with Crippen LogP contribution in [0.3, 0.4) is 0 Å². The average Bonchev–Trinajstić information content (AvgIpc) is 2.81. The van der Waals surface area contributed by atoms with E-state index in [2.05, 4.69) is 4.90 Å². The molecular formula is C12H15ClN2O2. The highest BCUT2D eigenvalue weighted by Crippen LogP contribution is 2.30. The Morgan fingerprint density at radius 1 is 1.41 bits per heavy atom. The number of rotatable bonds is 3. The number of carboxylic acid groups (broad SMARTS) is 1. The van der Waals surface area contributed by atoms with Gasteiger partial charge in [-0.25, -0.2) is 0 Å². The number of benzene rings is 1. The average molecular weight is 255 g/mol. The van der Waals surface area contributed by atoms with Crippen LogP contribution in [0.1, 0.15) is 24.4 Å². The fourth-order valence-corrected chi connectivity index (χ4v) is 2.38. The molecule has 0 saturated carbocycles. The fourth-order valence-electron chi connectivity index (χ4n) is 2.07. The van der Waals surface area contributed by atoms with E-state index in [9.17, 15) is 4.79 Å². The molecule has 92 valence electrons. The Balaban J connectivity index is 2.25. The molecule has 1 fully saturated rings. The number of anilines is 1. The van der Waals surface area contributed by atoms with Gasteiger partial charge in [0.15, 0.2) is 0 Å². The summed E-state index contributed by atoms with van der Waals surface area (Å²) in [6.45, 7) is 2.01. The third-order valence-electron chi connectivity index (χ3n) is 3.04. The van der Waals surface area contributed by atoms with Gasteiger partial charge in [-0.1, -0.05) is 17.7 Å². The summed E-state index contributed by atoms with van der Waals surface area (Å²) in [5, 5.41) is 9.40. The standard InChI is InChI=1S/C12H15ClN2O2/c13-9-7-8(11(14)12(16)17)3-4-10(9)15-5-1-2-6-15/h3-4,7,11H,1-2,5-6,14H2,(H,16,17). The van der Waals surface area contributed by atoms with Crippen molar-refractivity contribution in [1.82, 2.24) is 0 Å². The molecule has 0 bridgehead atoms. The van der Waals surface area contributed by atoms with Crippen LogP contribution in [0.15, 0.2) is 18.2 Å². The van der Waals surface area contributed by atoms with Gasteiger partial charge < -0.3 is 15.7 Å². The lowest BCUT2D eigenvalue weighted by atomic mass is 10.1. The van der Waals surface area contributed by atoms with Gasteiger partial charge in [-0.2, -0.15) is 0 Å². The summed E-state index contributed by atoms with van der Waals surface area (Å²) in [5.41, 5.74) is 7.03. The minimum absolute atomic E-state index is 0.533. The molecule has 0 amide bonds. The Bertz CT molecular complexity index is 431. The van der Waals surface area contributed by atoms with Crippen molar-refractivity contribution in [1.29, 1.82) is 0 Å². The van der Waals surface area contributed by atoms with Gasteiger partial charge in [0.1, 0.15) is 6.04 Å². The molecule has 5 heteroatoms. The van der Waals surface area contributed by atoms with Gasteiger partial charge in [-0.3, -0.25) is 4.79 Å². The second-order valence-corrected chi connectivity index (χ2v) is 4.63. The molecule has 1 aliphatic heterocycles. The molecule has 4 nitrogen and oxygen atoms in total. The zero-order chi connectivity index (χ0) is 12.4. The molecule has 1 atom stereocenters. The number of hydrogen-bond donors (Lipinski definition) is 2. The highest BCUT2D eigenvalue weighted by Gasteiger charge is 2.18. The third kappa shape index (κ3) is 2.53. The summed E-state index contributed by atoms with van der Waals surface area (Å²) < 4.78 is 0. The lowest BCUT2D eigenvalue weighted by Crippen LogP contribution is -2.21. The van der Waals surface area contributed by atoms with Gasteiger partial charge in [0, 0.05) is 13.1 Å². The fraction of sp³-hybridized carbons (Fsp3) is 0.417. The summed E-state index contributed by atoms with van der Waals surface area (Å²) in [6, 6.07) is 4.22. The second kappa shape index (κ2) is 4.94. The molecule has 0 aliphatic carbocycles. The molecule has 1 aromatic rings. The van der Waals surface area contributed by atoms with Crippen molar-refractivity contribution < 1.29 is 9.90 Å². The van der Waals surface area contributed by atoms with Gasteiger partial charge >= 0.3 is 5.97 Å².